The molecule has 0 bridgehead atoms. The van der Waals surface area contributed by atoms with E-state index in [4.69, 9.17) is 0 Å². The van der Waals surface area contributed by atoms with Gasteiger partial charge in [0.1, 0.15) is 5.70 Å². The molecule has 2 N–H and O–H groups in total. The number of carbonyl (C=O) groups excluding carboxylic acids is 2. The van der Waals surface area contributed by atoms with Crippen LogP contribution in [-0.4, -0.2) is 34.5 Å². The molecule has 1 aromatic rings. The van der Waals surface area contributed by atoms with E-state index < -0.39 is 11.9 Å². The number of aromatic nitrogens is 2. The molecule has 7 heteroatoms. The Bertz CT molecular complexity index is 598. The zero-order valence-electron chi connectivity index (χ0n) is 11.1. The van der Waals surface area contributed by atoms with Gasteiger partial charge in [-0.1, -0.05) is 0 Å². The minimum Gasteiger partial charge on any atom is -0.338 e. The van der Waals surface area contributed by atoms with Crippen molar-refractivity contribution in [2.45, 2.75) is 25.8 Å². The quantitative estimate of drug-likeness (QED) is 0.610. The predicted molar refractivity (Wildman–Crippen MR) is 72.7 cm³/mol. The molecule has 2 aliphatic heterocycles. The Kier molecular flexibility index (Phi) is 3.09. The van der Waals surface area contributed by atoms with Crippen LogP contribution >= 0.6 is 0 Å². The van der Waals surface area contributed by atoms with Gasteiger partial charge in [-0.3, -0.25) is 10.1 Å². The number of imide groups is 1. The molecule has 104 valence electrons. The molecule has 0 radical (unpaired) electrons. The van der Waals surface area contributed by atoms with Gasteiger partial charge in [0.05, 0.1) is 5.69 Å². The molecule has 3 heterocycles. The van der Waals surface area contributed by atoms with E-state index in [1.165, 1.54) is 0 Å². The van der Waals surface area contributed by atoms with E-state index in [1.54, 1.807) is 18.3 Å². The number of hydrogen-bond donors (Lipinski definition) is 2. The van der Waals surface area contributed by atoms with Crippen molar-refractivity contribution in [3.63, 3.8) is 0 Å². The molecular formula is C13H15N5O2. The molecule has 1 aromatic heterocycles. The Morgan fingerprint density at radius 1 is 1.40 bits per heavy atom. The monoisotopic (exact) mass is 273 g/mol. The number of nitrogens with zero attached hydrogens (tertiary/aromatic N) is 3. The Labute approximate surface area is 116 Å². The maximum absolute atomic E-state index is 11.5. The van der Waals surface area contributed by atoms with Gasteiger partial charge in [0.15, 0.2) is 0 Å². The third kappa shape index (κ3) is 2.34. The lowest BCUT2D eigenvalue weighted by molar-refractivity contribution is -0.115. The summed E-state index contributed by atoms with van der Waals surface area (Å²) in [5, 5.41) is 4.59. The average Bonchev–Trinajstić information content (AvgIpc) is 2.96. The smallest absolute Gasteiger partial charge is 0.326 e. The van der Waals surface area contributed by atoms with Crippen molar-refractivity contribution in [2.75, 3.05) is 11.4 Å². The number of nitrogens with one attached hydrogen (secondary N) is 2. The number of hydrogen-bond acceptors (Lipinski definition) is 5. The van der Waals surface area contributed by atoms with Crippen LogP contribution in [0.4, 0.5) is 10.7 Å². The molecule has 7 nitrogen and oxygen atoms in total. The van der Waals surface area contributed by atoms with Crippen molar-refractivity contribution < 1.29 is 9.59 Å². The lowest BCUT2D eigenvalue weighted by Gasteiger charge is -2.21. The van der Waals surface area contributed by atoms with Crippen LogP contribution < -0.4 is 15.5 Å². The summed E-state index contributed by atoms with van der Waals surface area (Å²) in [6.07, 6.45) is 5.47. The summed E-state index contributed by atoms with van der Waals surface area (Å²) in [4.78, 5) is 33.4. The predicted octanol–water partition coefficient (Wildman–Crippen LogP) is 0.646. The maximum atomic E-state index is 11.5. The Hall–Kier alpha value is -2.44. The Morgan fingerprint density at radius 3 is 2.90 bits per heavy atom. The normalized spacial score (nSPS) is 24.1. The van der Waals surface area contributed by atoms with E-state index in [0.29, 0.717) is 17.7 Å². The lowest BCUT2D eigenvalue weighted by atomic mass is 10.2. The van der Waals surface area contributed by atoms with E-state index in [0.717, 1.165) is 19.4 Å². The first-order chi connectivity index (χ1) is 9.63. The number of urea groups is 1. The standard InChI is InChI=1S/C13H15N5O2/c1-8-3-2-6-18(8)12-14-5-4-9(15-12)7-10-11(19)17-13(20)16-10/h4-5,7-8H,2-3,6H2,1H3,(H2,16,17,19,20). The van der Waals surface area contributed by atoms with E-state index in [1.807, 2.05) is 0 Å². The highest BCUT2D eigenvalue weighted by atomic mass is 16.2. The molecule has 2 fully saturated rings. The third-order valence-electron chi connectivity index (χ3n) is 3.49. The summed E-state index contributed by atoms with van der Waals surface area (Å²) in [5.41, 5.74) is 0.801. The van der Waals surface area contributed by atoms with Crippen LogP contribution in [-0.2, 0) is 4.79 Å². The minimum absolute atomic E-state index is 0.203. The van der Waals surface area contributed by atoms with Crippen LogP contribution in [0.3, 0.4) is 0 Å². The first-order valence-corrected chi connectivity index (χ1v) is 6.57. The van der Waals surface area contributed by atoms with Crippen LogP contribution in [0, 0.1) is 0 Å². The van der Waals surface area contributed by atoms with Crippen molar-refractivity contribution in [3.8, 4) is 0 Å². The molecule has 0 saturated carbocycles. The molecule has 3 rings (SSSR count). The van der Waals surface area contributed by atoms with Gasteiger partial charge in [0.2, 0.25) is 5.95 Å². The topological polar surface area (TPSA) is 87.2 Å². The van der Waals surface area contributed by atoms with Crippen LogP contribution in [0.2, 0.25) is 0 Å². The minimum atomic E-state index is -0.510. The molecule has 0 aliphatic carbocycles. The molecule has 3 amide bonds. The summed E-state index contributed by atoms with van der Waals surface area (Å²) in [6.45, 7) is 3.09. The average molecular weight is 273 g/mol. The van der Waals surface area contributed by atoms with Gasteiger partial charge in [-0.25, -0.2) is 14.8 Å². The number of anilines is 1. The molecular weight excluding hydrogens is 258 g/mol. The van der Waals surface area contributed by atoms with Crippen molar-refractivity contribution in [3.05, 3.63) is 23.7 Å². The van der Waals surface area contributed by atoms with Crippen molar-refractivity contribution in [1.29, 1.82) is 0 Å². The highest BCUT2D eigenvalue weighted by molar-refractivity contribution is 6.13. The van der Waals surface area contributed by atoms with Crippen LogP contribution in [0.25, 0.3) is 6.08 Å². The zero-order chi connectivity index (χ0) is 14.1. The summed E-state index contributed by atoms with van der Waals surface area (Å²) in [5.74, 6) is 0.221. The van der Waals surface area contributed by atoms with E-state index in [-0.39, 0.29) is 5.70 Å². The highest BCUT2D eigenvalue weighted by Gasteiger charge is 2.24. The van der Waals surface area contributed by atoms with Gasteiger partial charge in [-0.05, 0) is 31.9 Å². The summed E-state index contributed by atoms with van der Waals surface area (Å²) < 4.78 is 0. The largest absolute Gasteiger partial charge is 0.338 e. The van der Waals surface area contributed by atoms with E-state index in [9.17, 15) is 9.59 Å². The first kappa shape index (κ1) is 12.6. The molecule has 20 heavy (non-hydrogen) atoms. The molecule has 1 unspecified atom stereocenters. The number of rotatable bonds is 2. The van der Waals surface area contributed by atoms with Crippen molar-refractivity contribution >= 4 is 24.0 Å². The zero-order valence-corrected chi connectivity index (χ0v) is 11.1. The molecule has 2 aliphatic rings. The number of amides is 3. The fourth-order valence-corrected chi connectivity index (χ4v) is 2.44. The van der Waals surface area contributed by atoms with Crippen LogP contribution in [0.1, 0.15) is 25.5 Å². The maximum Gasteiger partial charge on any atom is 0.326 e. The molecule has 2 saturated heterocycles. The van der Waals surface area contributed by atoms with Crippen molar-refractivity contribution in [1.82, 2.24) is 20.6 Å². The van der Waals surface area contributed by atoms with E-state index in [2.05, 4.69) is 32.4 Å². The van der Waals surface area contributed by atoms with Gasteiger partial charge in [0, 0.05) is 18.8 Å². The summed E-state index contributed by atoms with van der Waals surface area (Å²) in [6, 6.07) is 1.62. The second kappa shape index (κ2) is 4.92. The SMILES string of the molecule is CC1CCCN1c1nccc(C=C2NC(=O)NC2=O)n1. The molecule has 0 spiro atoms. The van der Waals surface area contributed by atoms with Crippen molar-refractivity contribution in [2.24, 2.45) is 0 Å². The third-order valence-corrected chi connectivity index (χ3v) is 3.49. The van der Waals surface area contributed by atoms with E-state index >= 15 is 0 Å². The molecule has 0 aromatic carbocycles. The van der Waals surface area contributed by atoms with Gasteiger partial charge in [-0.15, -0.1) is 0 Å². The number of carbonyl (C=O) groups is 2. The fraction of sp³-hybridized carbons (Fsp3) is 0.385. The van der Waals surface area contributed by atoms with Crippen LogP contribution in [0.5, 0.6) is 0 Å². The van der Waals surface area contributed by atoms with Gasteiger partial charge < -0.3 is 10.2 Å². The second-order valence-corrected chi connectivity index (χ2v) is 4.93. The summed E-state index contributed by atoms with van der Waals surface area (Å²) in [7, 11) is 0. The fourth-order valence-electron chi connectivity index (χ4n) is 2.44. The first-order valence-electron chi connectivity index (χ1n) is 6.57. The van der Waals surface area contributed by atoms with Gasteiger partial charge in [-0.2, -0.15) is 0 Å². The Balaban J connectivity index is 1.86. The summed E-state index contributed by atoms with van der Waals surface area (Å²) >= 11 is 0. The molecule has 1 atom stereocenters. The van der Waals surface area contributed by atoms with Gasteiger partial charge in [0.25, 0.3) is 5.91 Å². The second-order valence-electron chi connectivity index (χ2n) is 4.93. The lowest BCUT2D eigenvalue weighted by Crippen LogP contribution is -2.28. The van der Waals surface area contributed by atoms with Crippen LogP contribution in [0.15, 0.2) is 18.0 Å². The van der Waals surface area contributed by atoms with Gasteiger partial charge >= 0.3 is 6.03 Å². The highest BCUT2D eigenvalue weighted by Crippen LogP contribution is 2.22. The Morgan fingerprint density at radius 2 is 2.25 bits per heavy atom.